The normalized spacial score (nSPS) is 13.6. The maximum atomic E-state index is 12.2. The molecule has 3 aromatic heterocycles. The molecule has 4 rings (SSSR count). The van der Waals surface area contributed by atoms with Crippen LogP contribution >= 0.6 is 0 Å². The van der Waals surface area contributed by atoms with E-state index in [-0.39, 0.29) is 17.9 Å². The first-order chi connectivity index (χ1) is 14.0. The Balaban J connectivity index is 1.30. The topological polar surface area (TPSA) is 96.6 Å². The molecule has 0 fully saturated rings. The summed E-state index contributed by atoms with van der Waals surface area (Å²) in [6.45, 7) is 6.43. The lowest BCUT2D eigenvalue weighted by molar-refractivity contribution is -0.136. The smallest absolute Gasteiger partial charge is 0.315 e. The van der Waals surface area contributed by atoms with Gasteiger partial charge < -0.3 is 19.9 Å². The number of hydrogen-bond donors (Lipinski definition) is 2. The molecule has 0 saturated heterocycles. The van der Waals surface area contributed by atoms with Crippen molar-refractivity contribution in [2.24, 2.45) is 5.92 Å². The summed E-state index contributed by atoms with van der Waals surface area (Å²) in [6.07, 6.45) is 3.67. The van der Waals surface area contributed by atoms with Gasteiger partial charge in [0.1, 0.15) is 5.65 Å². The number of carbonyl (C=O) groups is 2. The Bertz CT molecular complexity index is 1040. The summed E-state index contributed by atoms with van der Waals surface area (Å²) in [5, 5.41) is 10.2. The number of nitrogens with zero attached hydrogens (tertiary/aromatic N) is 5. The first-order valence-electron chi connectivity index (χ1n) is 9.78. The van der Waals surface area contributed by atoms with E-state index in [1.165, 1.54) is 0 Å². The van der Waals surface area contributed by atoms with Crippen LogP contribution in [0.3, 0.4) is 0 Å². The predicted molar refractivity (Wildman–Crippen MR) is 107 cm³/mol. The molecular formula is C20H25N7O2. The van der Waals surface area contributed by atoms with Crippen molar-refractivity contribution in [1.29, 1.82) is 0 Å². The number of carbonyl (C=O) groups excluding carboxylic acids is 2. The molecular weight excluding hydrogens is 370 g/mol. The summed E-state index contributed by atoms with van der Waals surface area (Å²) in [5.41, 5.74) is 3.53. The second-order valence-corrected chi connectivity index (χ2v) is 7.48. The number of urea groups is 1. The molecule has 0 unspecified atom stereocenters. The molecule has 3 aromatic rings. The molecule has 4 heterocycles. The van der Waals surface area contributed by atoms with Crippen LogP contribution in [0.15, 0.2) is 36.7 Å². The maximum Gasteiger partial charge on any atom is 0.315 e. The highest BCUT2D eigenvalue weighted by Crippen LogP contribution is 2.16. The highest BCUT2D eigenvalue weighted by Gasteiger charge is 2.23. The molecule has 0 atom stereocenters. The molecule has 9 heteroatoms. The van der Waals surface area contributed by atoms with Gasteiger partial charge in [-0.1, -0.05) is 19.9 Å². The number of rotatable bonds is 5. The summed E-state index contributed by atoms with van der Waals surface area (Å²) in [5.74, 6) is 0.145. The lowest BCUT2D eigenvalue weighted by Gasteiger charge is -2.29. The van der Waals surface area contributed by atoms with Crippen molar-refractivity contribution in [3.8, 4) is 0 Å². The zero-order chi connectivity index (χ0) is 20.4. The van der Waals surface area contributed by atoms with Gasteiger partial charge in [-0.05, 0) is 18.2 Å². The molecule has 1 aliphatic heterocycles. The Morgan fingerprint density at radius 3 is 2.83 bits per heavy atom. The third-order valence-electron chi connectivity index (χ3n) is 5.01. The zero-order valence-corrected chi connectivity index (χ0v) is 16.6. The Morgan fingerprint density at radius 1 is 1.17 bits per heavy atom. The summed E-state index contributed by atoms with van der Waals surface area (Å²) < 4.78 is 3.85. The Hall–Kier alpha value is -3.36. The van der Waals surface area contributed by atoms with Crippen LogP contribution in [0.2, 0.25) is 0 Å². The molecule has 1 aliphatic rings. The van der Waals surface area contributed by atoms with Gasteiger partial charge in [0.2, 0.25) is 5.91 Å². The number of amides is 3. The number of nitrogens with one attached hydrogen (secondary N) is 2. The van der Waals surface area contributed by atoms with E-state index in [0.717, 1.165) is 22.7 Å². The van der Waals surface area contributed by atoms with Crippen LogP contribution in [-0.2, 0) is 31.0 Å². The van der Waals surface area contributed by atoms with Gasteiger partial charge in [-0.2, -0.15) is 5.10 Å². The second kappa shape index (κ2) is 7.94. The van der Waals surface area contributed by atoms with Crippen molar-refractivity contribution in [2.45, 2.75) is 40.0 Å². The third kappa shape index (κ3) is 4.08. The van der Waals surface area contributed by atoms with E-state index in [0.29, 0.717) is 32.7 Å². The van der Waals surface area contributed by atoms with Crippen LogP contribution in [0.1, 0.15) is 30.9 Å². The number of aromatic nitrogens is 4. The van der Waals surface area contributed by atoms with Gasteiger partial charge in [0, 0.05) is 18.7 Å². The van der Waals surface area contributed by atoms with E-state index in [9.17, 15) is 9.59 Å². The largest absolute Gasteiger partial charge is 0.335 e. The van der Waals surface area contributed by atoms with Gasteiger partial charge in [0.15, 0.2) is 0 Å². The molecule has 2 N–H and O–H groups in total. The van der Waals surface area contributed by atoms with Gasteiger partial charge >= 0.3 is 6.03 Å². The fourth-order valence-corrected chi connectivity index (χ4v) is 3.49. The summed E-state index contributed by atoms with van der Waals surface area (Å²) in [7, 11) is 0. The molecule has 0 aliphatic carbocycles. The quantitative estimate of drug-likeness (QED) is 0.685. The molecule has 152 valence electrons. The standard InChI is InChI=1S/C20H25N7O2/c1-14(2)19(28)25-7-8-27-16(13-25)9-15(24-27)10-22-20(29)23-12-17-11-21-18-5-3-4-6-26(17)18/h3-6,9,11,14H,7-8,10,12-13H2,1-2H3,(H2,22,23,29). The van der Waals surface area contributed by atoms with Gasteiger partial charge in [-0.15, -0.1) is 0 Å². The van der Waals surface area contributed by atoms with E-state index in [4.69, 9.17) is 0 Å². The average Bonchev–Trinajstić information content (AvgIpc) is 3.33. The van der Waals surface area contributed by atoms with Gasteiger partial charge in [0.25, 0.3) is 0 Å². The van der Waals surface area contributed by atoms with Crippen LogP contribution in [0.4, 0.5) is 4.79 Å². The molecule has 0 aromatic carbocycles. The van der Waals surface area contributed by atoms with E-state index in [1.807, 2.05) is 58.3 Å². The predicted octanol–water partition coefficient (Wildman–Crippen LogP) is 1.53. The molecule has 0 radical (unpaired) electrons. The average molecular weight is 395 g/mol. The van der Waals surface area contributed by atoms with Crippen molar-refractivity contribution in [1.82, 2.24) is 34.7 Å². The fourth-order valence-electron chi connectivity index (χ4n) is 3.49. The van der Waals surface area contributed by atoms with Crippen molar-refractivity contribution in [3.05, 3.63) is 53.7 Å². The first kappa shape index (κ1) is 19.0. The van der Waals surface area contributed by atoms with Crippen molar-refractivity contribution < 1.29 is 9.59 Å². The highest BCUT2D eigenvalue weighted by molar-refractivity contribution is 5.78. The Labute approximate surface area is 168 Å². The summed E-state index contributed by atoms with van der Waals surface area (Å²) in [4.78, 5) is 30.5. The minimum absolute atomic E-state index is 0.0118. The molecule has 0 bridgehead atoms. The monoisotopic (exact) mass is 395 g/mol. The fraction of sp³-hybridized carbons (Fsp3) is 0.400. The summed E-state index contributed by atoms with van der Waals surface area (Å²) in [6, 6.07) is 7.45. The van der Waals surface area contributed by atoms with E-state index < -0.39 is 0 Å². The maximum absolute atomic E-state index is 12.2. The van der Waals surface area contributed by atoms with E-state index in [1.54, 1.807) is 6.20 Å². The molecule has 0 spiro atoms. The minimum Gasteiger partial charge on any atom is -0.335 e. The number of fused-ring (bicyclic) bond motifs is 2. The van der Waals surface area contributed by atoms with Crippen LogP contribution < -0.4 is 10.6 Å². The second-order valence-electron chi connectivity index (χ2n) is 7.48. The minimum atomic E-state index is -0.265. The molecule has 3 amide bonds. The summed E-state index contributed by atoms with van der Waals surface area (Å²) >= 11 is 0. The van der Waals surface area contributed by atoms with Crippen LogP contribution in [0.5, 0.6) is 0 Å². The van der Waals surface area contributed by atoms with Gasteiger partial charge in [0.05, 0.1) is 49.5 Å². The van der Waals surface area contributed by atoms with E-state index in [2.05, 4.69) is 20.7 Å². The Kier molecular flexibility index (Phi) is 5.20. The van der Waals surface area contributed by atoms with Crippen LogP contribution in [0, 0.1) is 5.92 Å². The molecule has 29 heavy (non-hydrogen) atoms. The van der Waals surface area contributed by atoms with Crippen LogP contribution in [-0.4, -0.2) is 42.5 Å². The molecule has 9 nitrogen and oxygen atoms in total. The number of imidazole rings is 1. The SMILES string of the molecule is CC(C)C(=O)N1CCn2nc(CNC(=O)NCc3cnc4ccccn34)cc2C1. The van der Waals surface area contributed by atoms with E-state index >= 15 is 0 Å². The van der Waals surface area contributed by atoms with Crippen LogP contribution in [0.25, 0.3) is 5.65 Å². The molecule has 0 saturated carbocycles. The van der Waals surface area contributed by atoms with Crippen molar-refractivity contribution >= 4 is 17.6 Å². The lowest BCUT2D eigenvalue weighted by Crippen LogP contribution is -2.40. The Morgan fingerprint density at radius 2 is 2.00 bits per heavy atom. The van der Waals surface area contributed by atoms with Gasteiger partial charge in [-0.3, -0.25) is 9.48 Å². The first-order valence-corrected chi connectivity index (χ1v) is 9.78. The van der Waals surface area contributed by atoms with Crippen molar-refractivity contribution in [3.63, 3.8) is 0 Å². The zero-order valence-electron chi connectivity index (χ0n) is 16.6. The lowest BCUT2D eigenvalue weighted by atomic mass is 10.1. The third-order valence-corrected chi connectivity index (χ3v) is 5.01. The highest BCUT2D eigenvalue weighted by atomic mass is 16.2. The number of hydrogen-bond acceptors (Lipinski definition) is 4. The number of pyridine rings is 1. The van der Waals surface area contributed by atoms with Crippen molar-refractivity contribution in [2.75, 3.05) is 6.54 Å². The van der Waals surface area contributed by atoms with Gasteiger partial charge in [-0.25, -0.2) is 9.78 Å².